The average molecular weight is 375 g/mol. The van der Waals surface area contributed by atoms with Crippen molar-refractivity contribution in [1.29, 1.82) is 0 Å². The normalized spacial score (nSPS) is 21.3. The number of carbonyl (C=O) groups excluding carboxylic acids is 1. The lowest BCUT2D eigenvalue weighted by atomic mass is 9.92. The van der Waals surface area contributed by atoms with Crippen LogP contribution >= 0.6 is 0 Å². The standard InChI is InChI=1S/C24H42N2O/c1-4-22(26-18-14-15-19-26)23(20(2)3)25-24(27)21-16-12-10-8-6-5-7-9-11-13-17-21/h4,21H,5-19H2,1-3H3,(H,25,27). The zero-order valence-corrected chi connectivity index (χ0v) is 18.1. The summed E-state index contributed by atoms with van der Waals surface area (Å²) in [6.45, 7) is 8.55. The first kappa shape index (κ1) is 22.0. The highest BCUT2D eigenvalue weighted by atomic mass is 16.1. The molecule has 3 nitrogen and oxygen atoms in total. The summed E-state index contributed by atoms with van der Waals surface area (Å²) in [5, 5.41) is 3.36. The molecule has 2 rings (SSSR count). The number of rotatable bonds is 4. The zero-order chi connectivity index (χ0) is 19.5. The summed E-state index contributed by atoms with van der Waals surface area (Å²) >= 11 is 0. The average Bonchev–Trinajstić information content (AvgIpc) is 3.16. The maximum Gasteiger partial charge on any atom is 0.227 e. The van der Waals surface area contributed by atoms with Crippen LogP contribution in [0.1, 0.15) is 104 Å². The van der Waals surface area contributed by atoms with Crippen LogP contribution in [0.2, 0.25) is 0 Å². The molecular formula is C24H42N2O. The second-order valence-corrected chi connectivity index (χ2v) is 8.69. The molecule has 3 heteroatoms. The molecular weight excluding hydrogens is 332 g/mol. The number of carbonyl (C=O) groups is 1. The maximum atomic E-state index is 13.2. The minimum Gasteiger partial charge on any atom is -0.370 e. The Morgan fingerprint density at radius 1 is 0.815 bits per heavy atom. The Labute approximate surface area is 167 Å². The third kappa shape index (κ3) is 7.35. The highest BCUT2D eigenvalue weighted by molar-refractivity contribution is 5.81. The number of nitrogens with one attached hydrogen (secondary N) is 1. The predicted molar refractivity (Wildman–Crippen MR) is 115 cm³/mol. The lowest BCUT2D eigenvalue weighted by molar-refractivity contribution is -0.124. The molecule has 1 saturated heterocycles. The van der Waals surface area contributed by atoms with E-state index in [2.05, 4.69) is 37.1 Å². The quantitative estimate of drug-likeness (QED) is 0.584. The van der Waals surface area contributed by atoms with Gasteiger partial charge in [0.05, 0.1) is 11.4 Å². The van der Waals surface area contributed by atoms with Gasteiger partial charge in [-0.2, -0.15) is 0 Å². The van der Waals surface area contributed by atoms with Crippen molar-refractivity contribution in [2.45, 2.75) is 104 Å². The van der Waals surface area contributed by atoms with Gasteiger partial charge in [-0.3, -0.25) is 4.79 Å². The van der Waals surface area contributed by atoms with Gasteiger partial charge >= 0.3 is 0 Å². The number of allylic oxidation sites excluding steroid dienone is 2. The molecule has 1 N–H and O–H groups in total. The predicted octanol–water partition coefficient (Wildman–Crippen LogP) is 6.32. The number of amides is 1. The number of hydrogen-bond donors (Lipinski definition) is 1. The van der Waals surface area contributed by atoms with E-state index in [-0.39, 0.29) is 11.8 Å². The van der Waals surface area contributed by atoms with Crippen LogP contribution in [-0.2, 0) is 4.79 Å². The van der Waals surface area contributed by atoms with Crippen molar-refractivity contribution in [1.82, 2.24) is 10.2 Å². The van der Waals surface area contributed by atoms with Crippen LogP contribution in [0.4, 0.5) is 0 Å². The van der Waals surface area contributed by atoms with Gasteiger partial charge < -0.3 is 10.2 Å². The molecule has 1 amide bonds. The van der Waals surface area contributed by atoms with Crippen LogP contribution in [0.5, 0.6) is 0 Å². The molecule has 0 atom stereocenters. The Morgan fingerprint density at radius 3 is 1.74 bits per heavy atom. The van der Waals surface area contributed by atoms with Gasteiger partial charge in [0.25, 0.3) is 0 Å². The summed E-state index contributed by atoms with van der Waals surface area (Å²) in [6.07, 6.45) is 18.6. The first-order chi connectivity index (χ1) is 13.1. The highest BCUT2D eigenvalue weighted by Gasteiger charge is 2.23. The molecule has 0 spiro atoms. The van der Waals surface area contributed by atoms with Crippen molar-refractivity contribution < 1.29 is 4.79 Å². The van der Waals surface area contributed by atoms with E-state index in [0.717, 1.165) is 31.6 Å². The molecule has 1 saturated carbocycles. The summed E-state index contributed by atoms with van der Waals surface area (Å²) in [5.74, 6) is 0.428. The second-order valence-electron chi connectivity index (χ2n) is 8.69. The minimum atomic E-state index is 0.176. The maximum absolute atomic E-state index is 13.2. The van der Waals surface area contributed by atoms with Gasteiger partial charge in [-0.05, 0) is 46.5 Å². The molecule has 0 radical (unpaired) electrons. The van der Waals surface area contributed by atoms with Crippen molar-refractivity contribution in [3.05, 3.63) is 23.0 Å². The topological polar surface area (TPSA) is 32.3 Å². The molecule has 27 heavy (non-hydrogen) atoms. The molecule has 154 valence electrons. The van der Waals surface area contributed by atoms with Crippen molar-refractivity contribution in [2.75, 3.05) is 13.1 Å². The fraction of sp³-hybridized carbons (Fsp3) is 0.792. The Hall–Kier alpha value is -1.25. The van der Waals surface area contributed by atoms with Crippen molar-refractivity contribution >= 4 is 5.91 Å². The van der Waals surface area contributed by atoms with Gasteiger partial charge in [-0.25, -0.2) is 0 Å². The van der Waals surface area contributed by atoms with Crippen LogP contribution in [0, 0.1) is 5.92 Å². The van der Waals surface area contributed by atoms with Gasteiger partial charge in [-0.15, -0.1) is 0 Å². The van der Waals surface area contributed by atoms with E-state index < -0.39 is 0 Å². The first-order valence-corrected chi connectivity index (χ1v) is 11.5. The molecule has 0 aromatic carbocycles. The van der Waals surface area contributed by atoms with E-state index in [9.17, 15) is 4.79 Å². The smallest absolute Gasteiger partial charge is 0.227 e. The fourth-order valence-corrected chi connectivity index (χ4v) is 4.54. The second kappa shape index (κ2) is 12.3. The van der Waals surface area contributed by atoms with E-state index in [1.54, 1.807) is 0 Å². The number of nitrogens with zero attached hydrogens (tertiary/aromatic N) is 1. The molecule has 0 bridgehead atoms. The van der Waals surface area contributed by atoms with Gasteiger partial charge in [0.2, 0.25) is 5.91 Å². The molecule has 1 aliphatic heterocycles. The molecule has 1 heterocycles. The van der Waals surface area contributed by atoms with E-state index in [1.165, 1.54) is 81.9 Å². The Balaban J connectivity index is 2.01. The third-order valence-electron chi connectivity index (χ3n) is 6.20. The molecule has 0 unspecified atom stereocenters. The molecule has 2 aliphatic rings. The van der Waals surface area contributed by atoms with Crippen LogP contribution in [0.15, 0.2) is 23.0 Å². The third-order valence-corrected chi connectivity index (χ3v) is 6.20. The summed E-state index contributed by atoms with van der Waals surface area (Å²) < 4.78 is 0. The van der Waals surface area contributed by atoms with Crippen LogP contribution < -0.4 is 5.32 Å². The van der Waals surface area contributed by atoms with Crippen LogP contribution in [0.3, 0.4) is 0 Å². The van der Waals surface area contributed by atoms with E-state index >= 15 is 0 Å². The fourth-order valence-electron chi connectivity index (χ4n) is 4.54. The van der Waals surface area contributed by atoms with E-state index in [0.29, 0.717) is 0 Å². The van der Waals surface area contributed by atoms with Crippen molar-refractivity contribution in [3.63, 3.8) is 0 Å². The highest BCUT2D eigenvalue weighted by Crippen LogP contribution is 2.25. The summed E-state index contributed by atoms with van der Waals surface area (Å²) in [6, 6.07) is 0. The Morgan fingerprint density at radius 2 is 1.30 bits per heavy atom. The first-order valence-electron chi connectivity index (χ1n) is 11.5. The van der Waals surface area contributed by atoms with Gasteiger partial charge in [0.1, 0.15) is 0 Å². The van der Waals surface area contributed by atoms with Gasteiger partial charge in [0, 0.05) is 19.0 Å². The largest absolute Gasteiger partial charge is 0.370 e. The van der Waals surface area contributed by atoms with Crippen LogP contribution in [-0.4, -0.2) is 23.9 Å². The monoisotopic (exact) mass is 374 g/mol. The molecule has 0 aromatic rings. The Kier molecular flexibility index (Phi) is 10.0. The number of hydrogen-bond acceptors (Lipinski definition) is 2. The van der Waals surface area contributed by atoms with E-state index in [4.69, 9.17) is 0 Å². The number of likely N-dealkylation sites (tertiary alicyclic amines) is 1. The SMILES string of the molecule is CC=C(C(NC(=O)C1CCCCCCCCCCC1)=C(C)C)N1CCCC1. The van der Waals surface area contributed by atoms with Crippen LogP contribution in [0.25, 0.3) is 0 Å². The summed E-state index contributed by atoms with van der Waals surface area (Å²) in [7, 11) is 0. The molecule has 2 fully saturated rings. The zero-order valence-electron chi connectivity index (χ0n) is 18.1. The summed E-state index contributed by atoms with van der Waals surface area (Å²) in [5.41, 5.74) is 3.47. The minimum absolute atomic E-state index is 0.176. The lowest BCUT2D eigenvalue weighted by Gasteiger charge is -2.27. The van der Waals surface area contributed by atoms with Gasteiger partial charge in [-0.1, -0.05) is 69.4 Å². The van der Waals surface area contributed by atoms with E-state index in [1.807, 2.05) is 0 Å². The summed E-state index contributed by atoms with van der Waals surface area (Å²) in [4.78, 5) is 15.6. The Bertz CT molecular complexity index is 498. The van der Waals surface area contributed by atoms with Gasteiger partial charge in [0.15, 0.2) is 0 Å². The lowest BCUT2D eigenvalue weighted by Crippen LogP contribution is -2.35. The van der Waals surface area contributed by atoms with Crippen molar-refractivity contribution in [3.8, 4) is 0 Å². The molecule has 1 aliphatic carbocycles. The molecule has 0 aromatic heterocycles. The van der Waals surface area contributed by atoms with Crippen molar-refractivity contribution in [2.24, 2.45) is 5.92 Å².